The molecule has 0 radical (unpaired) electrons. The van der Waals surface area contributed by atoms with Gasteiger partial charge < -0.3 is 9.80 Å². The molecule has 0 saturated carbocycles. The van der Waals surface area contributed by atoms with Crippen LogP contribution in [0.3, 0.4) is 0 Å². The van der Waals surface area contributed by atoms with Crippen molar-refractivity contribution in [2.45, 2.75) is 11.3 Å². The van der Waals surface area contributed by atoms with Crippen LogP contribution in [0.5, 0.6) is 0 Å². The minimum atomic E-state index is -0.661. The first kappa shape index (κ1) is 41.6. The quantitative estimate of drug-likeness (QED) is 0.147. The van der Waals surface area contributed by atoms with Crippen LogP contribution in [0.4, 0.5) is 34.1 Å². The van der Waals surface area contributed by atoms with Crippen LogP contribution in [0.2, 0.25) is 0 Å². The van der Waals surface area contributed by atoms with Crippen LogP contribution in [-0.4, -0.2) is 0 Å². The number of hydrogen-bond donors (Lipinski definition) is 0. The van der Waals surface area contributed by atoms with Gasteiger partial charge in [-0.15, -0.1) is 11.3 Å². The van der Waals surface area contributed by atoms with E-state index in [0.717, 1.165) is 39.7 Å². The monoisotopic (exact) mass is 944 g/mol. The van der Waals surface area contributed by atoms with Crippen LogP contribution in [0.1, 0.15) is 44.9 Å². The average molecular weight is 945 g/mol. The van der Waals surface area contributed by atoms with Crippen molar-refractivity contribution in [3.63, 3.8) is 0 Å². The van der Waals surface area contributed by atoms with Gasteiger partial charge in [0, 0.05) is 60.1 Å². The third kappa shape index (κ3) is 6.25. The molecule has 2 nitrogen and oxygen atoms in total. The highest BCUT2D eigenvalue weighted by Crippen LogP contribution is 2.62. The molecule has 0 amide bonds. The van der Waals surface area contributed by atoms with Gasteiger partial charge in [-0.25, -0.2) is 0 Å². The summed E-state index contributed by atoms with van der Waals surface area (Å²) in [7, 11) is 0. The SMILES string of the molecule is c1ccc2c(c#1)C1(c3ccccc3-2)c2ccccc2C(c2ccc3c(ccc4ccccc43)c2)c2ccc(N(c3ccccc3)c3cccc4sc5ccc(N(c6ccccc6)c6ccccc6)cc5c34)cc21. The molecule has 2 unspecified atom stereocenters. The van der Waals surface area contributed by atoms with E-state index < -0.39 is 5.41 Å². The predicted octanol–water partition coefficient (Wildman–Crippen LogP) is 18.8. The van der Waals surface area contributed by atoms with E-state index in [1.54, 1.807) is 0 Å². The van der Waals surface area contributed by atoms with Gasteiger partial charge in [0.2, 0.25) is 0 Å². The first-order valence-electron chi connectivity index (χ1n) is 25.1. The van der Waals surface area contributed by atoms with Crippen molar-refractivity contribution in [1.82, 2.24) is 0 Å². The number of rotatable bonds is 7. The average Bonchev–Trinajstić information content (AvgIpc) is 3.98. The van der Waals surface area contributed by atoms with Gasteiger partial charge in [-0.05, 0) is 157 Å². The van der Waals surface area contributed by atoms with E-state index in [1.165, 1.54) is 86.2 Å². The highest BCUT2D eigenvalue weighted by molar-refractivity contribution is 7.26. The van der Waals surface area contributed by atoms with E-state index >= 15 is 0 Å². The minimum Gasteiger partial charge on any atom is -0.310 e. The van der Waals surface area contributed by atoms with Gasteiger partial charge in [-0.2, -0.15) is 0 Å². The highest BCUT2D eigenvalue weighted by Gasteiger charge is 2.52. The van der Waals surface area contributed by atoms with Crippen LogP contribution in [0.15, 0.2) is 261 Å². The molecule has 0 bridgehead atoms. The molecule has 73 heavy (non-hydrogen) atoms. The number of fused-ring (bicyclic) bond motifs is 15. The van der Waals surface area contributed by atoms with Gasteiger partial charge >= 0.3 is 0 Å². The topological polar surface area (TPSA) is 6.48 Å². The molecule has 2 aliphatic rings. The summed E-state index contributed by atoms with van der Waals surface area (Å²) in [5, 5.41) is 7.51. The number of thiophene rings is 1. The van der Waals surface area contributed by atoms with E-state index in [2.05, 4.69) is 277 Å². The first-order chi connectivity index (χ1) is 36.2. The summed E-state index contributed by atoms with van der Waals surface area (Å²) in [5.41, 5.74) is 17.3. The smallest absolute Gasteiger partial charge is 0.0799 e. The zero-order valence-electron chi connectivity index (χ0n) is 39.7. The lowest BCUT2D eigenvalue weighted by atomic mass is 9.58. The van der Waals surface area contributed by atoms with Crippen molar-refractivity contribution >= 4 is 87.2 Å². The summed E-state index contributed by atoms with van der Waals surface area (Å²) < 4.78 is 2.49. The molecule has 15 rings (SSSR count). The second kappa shape index (κ2) is 16.4. The lowest BCUT2D eigenvalue weighted by Gasteiger charge is -2.43. The Balaban J connectivity index is 0.994. The third-order valence-corrected chi connectivity index (χ3v) is 16.7. The molecular weight excluding hydrogens is 901 g/mol. The fourth-order valence-corrected chi connectivity index (χ4v) is 13.7. The maximum Gasteiger partial charge on any atom is 0.0799 e. The summed E-state index contributed by atoms with van der Waals surface area (Å²) in [6.07, 6.45) is 0. The van der Waals surface area contributed by atoms with Crippen LogP contribution < -0.4 is 9.80 Å². The molecule has 0 fully saturated rings. The fourth-order valence-electron chi connectivity index (χ4n) is 12.6. The molecule has 0 N–H and O–H groups in total. The Labute approximate surface area is 428 Å². The Morgan fingerprint density at radius 2 is 1.03 bits per heavy atom. The number of para-hydroxylation sites is 3. The zero-order chi connectivity index (χ0) is 48.0. The van der Waals surface area contributed by atoms with Crippen LogP contribution in [-0.2, 0) is 5.41 Å². The summed E-state index contributed by atoms with van der Waals surface area (Å²) in [6.45, 7) is 0. The second-order valence-electron chi connectivity index (χ2n) is 19.4. The molecule has 1 spiro atoms. The summed E-state index contributed by atoms with van der Waals surface area (Å²) >= 11 is 1.86. The molecule has 12 aromatic carbocycles. The first-order valence-corrected chi connectivity index (χ1v) is 25.9. The van der Waals surface area contributed by atoms with Gasteiger partial charge in [0.1, 0.15) is 0 Å². The lowest BCUT2D eigenvalue weighted by Crippen LogP contribution is -2.36. The maximum absolute atomic E-state index is 3.78. The Morgan fingerprint density at radius 3 is 1.84 bits per heavy atom. The van der Waals surface area contributed by atoms with Crippen molar-refractivity contribution in [3.05, 3.63) is 312 Å². The number of anilines is 6. The Morgan fingerprint density at radius 1 is 0.384 bits per heavy atom. The third-order valence-electron chi connectivity index (χ3n) is 15.6. The fraction of sp³-hybridized carbons (Fsp3) is 0.0286. The Hall–Kier alpha value is -9.20. The minimum absolute atomic E-state index is 0.0318. The lowest BCUT2D eigenvalue weighted by molar-refractivity contribution is 0.697. The van der Waals surface area contributed by atoms with Gasteiger partial charge in [-0.1, -0.05) is 182 Å². The molecule has 3 heteroatoms. The van der Waals surface area contributed by atoms with Crippen LogP contribution in [0, 0.1) is 12.1 Å². The number of benzene rings is 11. The summed E-state index contributed by atoms with van der Waals surface area (Å²) in [5.74, 6) is -0.0318. The standard InChI is InChI=1S/C70H44N2S/c1-4-20-49(21-5-1)71(50-22-6-2-7-23-50)52-39-42-66-60(44-52)69-65(33-18-34-67(69)73-66)72(51-24-8-3-9-25-51)53-38-41-59-64(45-53)70(61-30-15-12-27-56(61)57-28-13-16-31-62(57)70)63-32-17-14-29-58(63)68(59)48-37-40-55-47(43-48)36-35-46-19-10-11-26-54(46)55/h1-15,17-30,32-45,68H. The van der Waals surface area contributed by atoms with Gasteiger partial charge in [-0.3, -0.25) is 0 Å². The van der Waals surface area contributed by atoms with E-state index in [-0.39, 0.29) is 5.92 Å². The second-order valence-corrected chi connectivity index (χ2v) is 20.4. The molecule has 13 aromatic rings. The molecular formula is C70H44N2S. The number of hydrogen-bond acceptors (Lipinski definition) is 3. The van der Waals surface area contributed by atoms with Crippen LogP contribution >= 0.6 is 11.3 Å². The summed E-state index contributed by atoms with van der Waals surface area (Å²) in [4.78, 5) is 4.86. The zero-order valence-corrected chi connectivity index (χ0v) is 40.5. The van der Waals surface area contributed by atoms with E-state index in [9.17, 15) is 0 Å². The molecule has 2 aliphatic carbocycles. The Kier molecular flexibility index (Phi) is 9.36. The summed E-state index contributed by atoms with van der Waals surface area (Å²) in [6, 6.07) is 104. The van der Waals surface area contributed by atoms with Gasteiger partial charge in [0.15, 0.2) is 0 Å². The van der Waals surface area contributed by atoms with Gasteiger partial charge in [0.25, 0.3) is 0 Å². The van der Waals surface area contributed by atoms with Crippen molar-refractivity contribution in [2.24, 2.45) is 0 Å². The molecule has 2 atom stereocenters. The molecule has 340 valence electrons. The largest absolute Gasteiger partial charge is 0.310 e. The maximum atomic E-state index is 3.78. The number of nitrogens with zero attached hydrogens (tertiary/aromatic N) is 2. The predicted molar refractivity (Wildman–Crippen MR) is 306 cm³/mol. The normalized spacial score (nSPS) is 13.9. The van der Waals surface area contributed by atoms with E-state index in [1.807, 2.05) is 17.4 Å². The molecule has 0 saturated heterocycles. The van der Waals surface area contributed by atoms with Crippen molar-refractivity contribution < 1.29 is 0 Å². The molecule has 1 heterocycles. The highest BCUT2D eigenvalue weighted by atomic mass is 32.1. The van der Waals surface area contributed by atoms with Crippen LogP contribution in [0.25, 0.3) is 52.8 Å². The molecule has 1 aromatic heterocycles. The van der Waals surface area contributed by atoms with E-state index in [0.29, 0.717) is 0 Å². The Bertz CT molecular complexity index is 4210. The van der Waals surface area contributed by atoms with E-state index in [4.69, 9.17) is 0 Å². The van der Waals surface area contributed by atoms with Gasteiger partial charge in [0.05, 0.1) is 11.1 Å². The molecule has 0 aliphatic heterocycles. The van der Waals surface area contributed by atoms with Crippen molar-refractivity contribution in [3.8, 4) is 11.1 Å². The van der Waals surface area contributed by atoms with Crippen molar-refractivity contribution in [1.29, 1.82) is 0 Å². The van der Waals surface area contributed by atoms with Crippen molar-refractivity contribution in [2.75, 3.05) is 9.80 Å².